The van der Waals surface area contributed by atoms with Crippen LogP contribution in [0.2, 0.25) is 0 Å². The molecule has 2 aliphatic carbocycles. The van der Waals surface area contributed by atoms with Gasteiger partial charge in [0, 0.05) is 32.1 Å². The van der Waals surface area contributed by atoms with Gasteiger partial charge >= 0.3 is 5.97 Å². The van der Waals surface area contributed by atoms with Crippen LogP contribution < -0.4 is 9.47 Å². The minimum atomic E-state index is -4.11. The van der Waals surface area contributed by atoms with Crippen molar-refractivity contribution in [2.24, 2.45) is 16.7 Å². The first kappa shape index (κ1) is 27.5. The highest BCUT2D eigenvalue weighted by Gasteiger charge is 2.82. The second kappa shape index (κ2) is 8.91. The van der Waals surface area contributed by atoms with Gasteiger partial charge in [0.2, 0.25) is 20.0 Å². The van der Waals surface area contributed by atoms with Gasteiger partial charge in [-0.2, -0.15) is 4.31 Å². The summed E-state index contributed by atoms with van der Waals surface area (Å²) in [5.41, 5.74) is -1.86. The minimum absolute atomic E-state index is 0.0427. The Labute approximate surface area is 235 Å². The number of ether oxygens (including phenoxy) is 3. The average molecular weight is 591 g/mol. The maximum absolute atomic E-state index is 14.2. The molecule has 12 heteroatoms. The summed E-state index contributed by atoms with van der Waals surface area (Å²) < 4.78 is 73.2. The van der Waals surface area contributed by atoms with Crippen molar-refractivity contribution >= 4 is 26.0 Å². The molecule has 2 aromatic rings. The summed E-state index contributed by atoms with van der Waals surface area (Å²) in [6.45, 7) is 4.87. The highest BCUT2D eigenvalue weighted by Crippen LogP contribution is 2.76. The average Bonchev–Trinajstić information content (AvgIpc) is 3.40. The van der Waals surface area contributed by atoms with Crippen LogP contribution in [-0.2, 0) is 36.2 Å². The normalized spacial score (nSPS) is 31.1. The van der Waals surface area contributed by atoms with Crippen LogP contribution in [0.3, 0.4) is 0 Å². The number of nitrogens with zero attached hydrogens (tertiary/aromatic N) is 2. The number of piperidine rings is 1. The van der Waals surface area contributed by atoms with Crippen molar-refractivity contribution in [3.63, 3.8) is 0 Å². The first-order chi connectivity index (χ1) is 18.8. The molecule has 4 unspecified atom stereocenters. The van der Waals surface area contributed by atoms with E-state index in [0.717, 1.165) is 10.7 Å². The third-order valence-electron chi connectivity index (χ3n) is 9.99. The molecule has 4 bridgehead atoms. The smallest absolute Gasteiger partial charge is 0.328 e. The van der Waals surface area contributed by atoms with Gasteiger partial charge in [-0.15, -0.1) is 0 Å². The van der Waals surface area contributed by atoms with Crippen LogP contribution in [0.25, 0.3) is 0 Å². The Morgan fingerprint density at radius 3 is 2.45 bits per heavy atom. The number of carbonyl (C=O) groups excluding carboxylic acids is 1. The first-order valence-electron chi connectivity index (χ1n) is 13.4. The predicted octanol–water partition coefficient (Wildman–Crippen LogP) is 3.02. The molecule has 6 rings (SSSR count). The summed E-state index contributed by atoms with van der Waals surface area (Å²) in [6.07, 6.45) is 2.04. The Bertz CT molecular complexity index is 1610. The van der Waals surface area contributed by atoms with Crippen LogP contribution in [0.1, 0.15) is 38.7 Å². The number of benzene rings is 2. The van der Waals surface area contributed by atoms with E-state index in [-0.39, 0.29) is 34.3 Å². The van der Waals surface area contributed by atoms with Crippen LogP contribution in [-0.4, -0.2) is 70.8 Å². The van der Waals surface area contributed by atoms with E-state index in [2.05, 4.69) is 6.92 Å². The number of sulfonamides is 2. The third kappa shape index (κ3) is 3.55. The summed E-state index contributed by atoms with van der Waals surface area (Å²) in [5, 5.41) is 0. The fourth-order valence-corrected chi connectivity index (χ4v) is 10.4. The quantitative estimate of drug-likeness (QED) is 0.452. The predicted molar refractivity (Wildman–Crippen MR) is 145 cm³/mol. The first-order valence-corrected chi connectivity index (χ1v) is 16.3. The lowest BCUT2D eigenvalue weighted by Crippen LogP contribution is -2.61. The van der Waals surface area contributed by atoms with Crippen LogP contribution in [0.4, 0.5) is 0 Å². The summed E-state index contributed by atoms with van der Waals surface area (Å²) >= 11 is 0. The highest BCUT2D eigenvalue weighted by molar-refractivity contribution is 7.89. The van der Waals surface area contributed by atoms with Crippen molar-refractivity contribution in [1.29, 1.82) is 0 Å². The van der Waals surface area contributed by atoms with E-state index in [4.69, 9.17) is 14.2 Å². The molecule has 3 fully saturated rings. The van der Waals surface area contributed by atoms with E-state index < -0.39 is 37.0 Å². The van der Waals surface area contributed by atoms with Crippen molar-refractivity contribution in [3.8, 4) is 11.5 Å². The van der Waals surface area contributed by atoms with Crippen LogP contribution in [0, 0.1) is 16.7 Å². The van der Waals surface area contributed by atoms with Crippen molar-refractivity contribution in [2.45, 2.75) is 55.0 Å². The zero-order valence-corrected chi connectivity index (χ0v) is 24.7. The molecule has 0 spiro atoms. The number of carbonyl (C=O) groups is 1. The van der Waals surface area contributed by atoms with Gasteiger partial charge in [0.25, 0.3) is 0 Å². The zero-order chi connectivity index (χ0) is 28.7. The molecule has 0 amide bonds. The summed E-state index contributed by atoms with van der Waals surface area (Å²) in [5.74, 6) is 0.451. The fraction of sp³-hybridized carbons (Fsp3) is 0.536. The van der Waals surface area contributed by atoms with Crippen molar-refractivity contribution in [1.82, 2.24) is 8.61 Å². The van der Waals surface area contributed by atoms with Gasteiger partial charge in [0.1, 0.15) is 25.4 Å². The molecular weight excluding hydrogens is 556 g/mol. The Morgan fingerprint density at radius 2 is 1.75 bits per heavy atom. The molecule has 0 radical (unpaired) electrons. The van der Waals surface area contributed by atoms with E-state index in [1.54, 1.807) is 18.2 Å². The Hall–Kier alpha value is -2.67. The van der Waals surface area contributed by atoms with E-state index in [0.29, 0.717) is 43.1 Å². The van der Waals surface area contributed by atoms with Gasteiger partial charge in [-0.1, -0.05) is 26.0 Å². The topological polar surface area (TPSA) is 120 Å². The van der Waals surface area contributed by atoms with Crippen LogP contribution >= 0.6 is 0 Å². The number of hydrogen-bond donors (Lipinski definition) is 0. The molecule has 216 valence electrons. The molecule has 10 nitrogen and oxygen atoms in total. The minimum Gasteiger partial charge on any atom is -0.486 e. The van der Waals surface area contributed by atoms with Crippen LogP contribution in [0.15, 0.2) is 52.3 Å². The van der Waals surface area contributed by atoms with Gasteiger partial charge in [-0.25, -0.2) is 25.9 Å². The second-order valence-corrected chi connectivity index (χ2v) is 15.9. The zero-order valence-electron chi connectivity index (χ0n) is 23.0. The largest absolute Gasteiger partial charge is 0.486 e. The van der Waals surface area contributed by atoms with Crippen LogP contribution in [0.5, 0.6) is 11.5 Å². The SMILES string of the molecule is CN(C)S(=O)(=O)c1cccc(COC(=O)C23CC4CCC2(C)C4(C)CN3S(=O)(=O)c2ccc3c(c2)OCCO3)c1. The molecule has 4 aliphatic rings. The van der Waals surface area contributed by atoms with E-state index in [9.17, 15) is 21.6 Å². The molecule has 2 aromatic carbocycles. The molecule has 40 heavy (non-hydrogen) atoms. The molecule has 1 saturated heterocycles. The third-order valence-corrected chi connectivity index (χ3v) is 13.7. The maximum atomic E-state index is 14.2. The molecule has 2 aliphatic heterocycles. The Kier molecular flexibility index (Phi) is 6.13. The van der Waals surface area contributed by atoms with Gasteiger partial charge in [0.05, 0.1) is 9.79 Å². The van der Waals surface area contributed by atoms with Gasteiger partial charge in [-0.05, 0) is 60.4 Å². The monoisotopic (exact) mass is 590 g/mol. The summed E-state index contributed by atoms with van der Waals surface area (Å²) in [7, 11) is -4.88. The van der Waals surface area contributed by atoms with Gasteiger partial charge in [0.15, 0.2) is 11.5 Å². The molecule has 0 N–H and O–H groups in total. The van der Waals surface area contributed by atoms with Crippen molar-refractivity contribution in [2.75, 3.05) is 33.9 Å². The Balaban J connectivity index is 1.34. The second-order valence-electron chi connectivity index (χ2n) is 11.9. The van der Waals surface area contributed by atoms with Gasteiger partial charge in [-0.3, -0.25) is 0 Å². The number of fused-ring (bicyclic) bond motifs is 1. The fourth-order valence-electron chi connectivity index (χ4n) is 7.51. The van der Waals surface area contributed by atoms with Gasteiger partial charge < -0.3 is 14.2 Å². The van der Waals surface area contributed by atoms with E-state index in [1.165, 1.54) is 42.7 Å². The Morgan fingerprint density at radius 1 is 1.02 bits per heavy atom. The number of rotatable bonds is 7. The lowest BCUT2D eigenvalue weighted by Gasteiger charge is -2.45. The standard InChI is InChI=1S/C28H34N2O8S2/c1-26-18-30(40(34,35)22-8-9-23-24(15-22)37-13-12-36-23)28(16-20(26)10-11-27(26,28)2)25(31)38-17-19-6-5-7-21(14-19)39(32,33)29(3)4/h5-9,14-15,20H,10-13,16-18H2,1-4H3. The number of esters is 1. The molecule has 2 heterocycles. The molecule has 4 atom stereocenters. The van der Waals surface area contributed by atoms with Crippen molar-refractivity contribution in [3.05, 3.63) is 48.0 Å². The summed E-state index contributed by atoms with van der Waals surface area (Å²) in [6, 6.07) is 10.8. The lowest BCUT2D eigenvalue weighted by atomic mass is 9.66. The maximum Gasteiger partial charge on any atom is 0.328 e. The van der Waals surface area contributed by atoms with E-state index >= 15 is 0 Å². The summed E-state index contributed by atoms with van der Waals surface area (Å²) in [4.78, 5) is 14.3. The molecule has 2 saturated carbocycles. The van der Waals surface area contributed by atoms with E-state index in [1.807, 2.05) is 6.92 Å². The lowest BCUT2D eigenvalue weighted by molar-refractivity contribution is -0.162. The molecular formula is C28H34N2O8S2. The highest BCUT2D eigenvalue weighted by atomic mass is 32.2. The molecule has 0 aromatic heterocycles. The number of hydrogen-bond acceptors (Lipinski definition) is 8. The van der Waals surface area contributed by atoms with Crippen molar-refractivity contribution < 1.29 is 35.8 Å².